The quantitative estimate of drug-likeness (QED) is 0.761. The van der Waals surface area contributed by atoms with Gasteiger partial charge in [0.05, 0.1) is 5.52 Å². The van der Waals surface area contributed by atoms with Gasteiger partial charge in [0.25, 0.3) is 0 Å². The van der Waals surface area contributed by atoms with Gasteiger partial charge in [-0.25, -0.2) is 4.98 Å². The Kier molecular flexibility index (Phi) is 2.87. The highest BCUT2D eigenvalue weighted by Crippen LogP contribution is 2.27. The third kappa shape index (κ3) is 2.04. The van der Waals surface area contributed by atoms with Crippen LogP contribution in [0.1, 0.15) is 5.56 Å². The van der Waals surface area contributed by atoms with Gasteiger partial charge in [0, 0.05) is 12.3 Å². The topological polar surface area (TPSA) is 35.0 Å². The van der Waals surface area contributed by atoms with Gasteiger partial charge in [0.15, 0.2) is 5.75 Å². The van der Waals surface area contributed by atoms with E-state index in [0.29, 0.717) is 5.52 Å². The number of pyridine rings is 2. The van der Waals surface area contributed by atoms with Crippen LogP contribution in [0.4, 0.5) is 8.78 Å². The van der Waals surface area contributed by atoms with Crippen LogP contribution < -0.4 is 4.74 Å². The molecule has 0 radical (unpaired) electrons. The second-order valence-corrected chi connectivity index (χ2v) is 3.53. The van der Waals surface area contributed by atoms with Gasteiger partial charge in [-0.1, -0.05) is 11.6 Å². The van der Waals surface area contributed by atoms with E-state index in [1.807, 2.05) is 0 Å². The number of rotatable bonds is 2. The monoisotopic (exact) mass is 244 g/mol. The molecule has 2 aromatic heterocycles. The number of halogens is 3. The van der Waals surface area contributed by atoms with Crippen molar-refractivity contribution in [1.29, 1.82) is 0 Å². The lowest BCUT2D eigenvalue weighted by Crippen LogP contribution is -2.03. The molecule has 0 bridgehead atoms. The van der Waals surface area contributed by atoms with E-state index in [0.717, 1.165) is 5.56 Å². The molecule has 2 heterocycles. The highest BCUT2D eigenvalue weighted by molar-refractivity contribution is 6.29. The fourth-order valence-corrected chi connectivity index (χ4v) is 1.66. The Bertz CT molecular complexity index is 533. The van der Waals surface area contributed by atoms with E-state index in [1.165, 1.54) is 12.3 Å². The van der Waals surface area contributed by atoms with Crippen LogP contribution >= 0.6 is 11.6 Å². The molecule has 0 spiro atoms. The van der Waals surface area contributed by atoms with Crippen LogP contribution in [0.3, 0.4) is 0 Å². The Labute approximate surface area is 95.0 Å². The van der Waals surface area contributed by atoms with Crippen molar-refractivity contribution in [3.63, 3.8) is 0 Å². The van der Waals surface area contributed by atoms with Crippen molar-refractivity contribution >= 4 is 22.6 Å². The van der Waals surface area contributed by atoms with Crippen LogP contribution in [0.25, 0.3) is 11.0 Å². The molecule has 2 rings (SSSR count). The number of hydrogen-bond acceptors (Lipinski definition) is 3. The lowest BCUT2D eigenvalue weighted by molar-refractivity contribution is -0.0489. The molecule has 0 atom stereocenters. The summed E-state index contributed by atoms with van der Waals surface area (Å²) in [5, 5.41) is 0.220. The van der Waals surface area contributed by atoms with Crippen molar-refractivity contribution in [2.24, 2.45) is 0 Å². The van der Waals surface area contributed by atoms with E-state index < -0.39 is 6.61 Å². The molecular weight excluding hydrogens is 238 g/mol. The molecule has 0 N–H and O–H groups in total. The molecule has 0 aliphatic heterocycles. The molecular formula is C10H7ClF2N2O. The summed E-state index contributed by atoms with van der Waals surface area (Å²) in [4.78, 5) is 7.98. The number of alkyl halides is 2. The Morgan fingerprint density at radius 1 is 1.38 bits per heavy atom. The zero-order chi connectivity index (χ0) is 11.7. The van der Waals surface area contributed by atoms with Crippen molar-refractivity contribution < 1.29 is 13.5 Å². The van der Waals surface area contributed by atoms with Gasteiger partial charge in [-0.2, -0.15) is 8.78 Å². The summed E-state index contributed by atoms with van der Waals surface area (Å²) in [6, 6.07) is 2.94. The predicted octanol–water partition coefficient (Wildman–Crippen LogP) is 3.19. The van der Waals surface area contributed by atoms with E-state index >= 15 is 0 Å². The van der Waals surface area contributed by atoms with E-state index in [-0.39, 0.29) is 16.4 Å². The molecule has 0 aliphatic carbocycles. The number of hydrogen-bond donors (Lipinski definition) is 0. The second-order valence-electron chi connectivity index (χ2n) is 3.15. The lowest BCUT2D eigenvalue weighted by atomic mass is 10.2. The summed E-state index contributed by atoms with van der Waals surface area (Å²) in [5.74, 6) is -0.0226. The van der Waals surface area contributed by atoms with E-state index in [4.69, 9.17) is 11.6 Å². The Balaban J connectivity index is 2.66. The van der Waals surface area contributed by atoms with Gasteiger partial charge in [0.2, 0.25) is 0 Å². The van der Waals surface area contributed by atoms with Crippen molar-refractivity contribution in [2.45, 2.75) is 13.5 Å². The van der Waals surface area contributed by atoms with Crippen molar-refractivity contribution in [3.8, 4) is 5.75 Å². The molecule has 0 amide bonds. The summed E-state index contributed by atoms with van der Waals surface area (Å²) < 4.78 is 28.6. The molecule has 0 saturated carbocycles. The highest BCUT2D eigenvalue weighted by atomic mass is 35.5. The number of aryl methyl sites for hydroxylation is 1. The van der Waals surface area contributed by atoms with Crippen LogP contribution in [-0.4, -0.2) is 16.6 Å². The molecule has 0 aromatic carbocycles. The second kappa shape index (κ2) is 4.17. The minimum Gasteiger partial charge on any atom is -0.432 e. The van der Waals surface area contributed by atoms with Crippen LogP contribution in [0.2, 0.25) is 5.15 Å². The normalized spacial score (nSPS) is 11.1. The van der Waals surface area contributed by atoms with Gasteiger partial charge in [-0.15, -0.1) is 0 Å². The largest absolute Gasteiger partial charge is 0.432 e. The average Bonchev–Trinajstić information content (AvgIpc) is 2.18. The first-order chi connectivity index (χ1) is 7.58. The predicted molar refractivity (Wildman–Crippen MR) is 55.9 cm³/mol. The molecule has 6 heteroatoms. The summed E-state index contributed by atoms with van der Waals surface area (Å²) >= 11 is 5.75. The van der Waals surface area contributed by atoms with Gasteiger partial charge >= 0.3 is 6.61 Å². The zero-order valence-electron chi connectivity index (χ0n) is 8.25. The standard InChI is InChI=1S/C10H7ClF2N2O/c1-5-4-7(11)15-9-6(16-10(12)13)2-3-14-8(5)9/h2-4,10H,1H3. The zero-order valence-corrected chi connectivity index (χ0v) is 9.00. The Morgan fingerprint density at radius 2 is 2.12 bits per heavy atom. The minimum absolute atomic E-state index is 0.0226. The maximum Gasteiger partial charge on any atom is 0.387 e. The smallest absolute Gasteiger partial charge is 0.387 e. The van der Waals surface area contributed by atoms with E-state index in [9.17, 15) is 8.78 Å². The first kappa shape index (κ1) is 11.0. The highest BCUT2D eigenvalue weighted by Gasteiger charge is 2.12. The summed E-state index contributed by atoms with van der Waals surface area (Å²) in [6.45, 7) is -1.12. The lowest BCUT2D eigenvalue weighted by Gasteiger charge is -2.08. The molecule has 3 nitrogen and oxygen atoms in total. The summed E-state index contributed by atoms with van der Waals surface area (Å²) in [7, 11) is 0. The molecule has 84 valence electrons. The number of aromatic nitrogens is 2. The Hall–Kier alpha value is -1.49. The number of fused-ring (bicyclic) bond motifs is 1. The first-order valence-electron chi connectivity index (χ1n) is 4.44. The average molecular weight is 245 g/mol. The summed E-state index contributed by atoms with van der Waals surface area (Å²) in [5.41, 5.74) is 1.50. The van der Waals surface area contributed by atoms with Gasteiger partial charge in [-0.05, 0) is 18.6 Å². The molecule has 0 fully saturated rings. The summed E-state index contributed by atoms with van der Waals surface area (Å²) in [6.07, 6.45) is 1.39. The fraction of sp³-hybridized carbons (Fsp3) is 0.200. The maximum absolute atomic E-state index is 12.1. The van der Waals surface area contributed by atoms with E-state index in [2.05, 4.69) is 14.7 Å². The van der Waals surface area contributed by atoms with Crippen LogP contribution in [0, 0.1) is 6.92 Å². The molecule has 0 unspecified atom stereocenters. The number of ether oxygens (including phenoxy) is 1. The first-order valence-corrected chi connectivity index (χ1v) is 4.82. The number of nitrogens with zero attached hydrogens (tertiary/aromatic N) is 2. The van der Waals surface area contributed by atoms with Gasteiger partial charge in [0.1, 0.15) is 10.7 Å². The Morgan fingerprint density at radius 3 is 2.81 bits per heavy atom. The van der Waals surface area contributed by atoms with Crippen LogP contribution in [0.15, 0.2) is 18.3 Å². The van der Waals surface area contributed by atoms with Crippen molar-refractivity contribution in [3.05, 3.63) is 29.0 Å². The van der Waals surface area contributed by atoms with E-state index in [1.54, 1.807) is 13.0 Å². The van der Waals surface area contributed by atoms with Crippen molar-refractivity contribution in [1.82, 2.24) is 9.97 Å². The SMILES string of the molecule is Cc1cc(Cl)nc2c(OC(F)F)ccnc12. The molecule has 0 saturated heterocycles. The molecule has 16 heavy (non-hydrogen) atoms. The maximum atomic E-state index is 12.1. The van der Waals surface area contributed by atoms with Gasteiger partial charge < -0.3 is 4.74 Å². The van der Waals surface area contributed by atoms with Crippen LogP contribution in [0.5, 0.6) is 5.75 Å². The fourth-order valence-electron chi connectivity index (χ4n) is 1.41. The third-order valence-corrected chi connectivity index (χ3v) is 2.22. The molecule has 0 aliphatic rings. The van der Waals surface area contributed by atoms with Crippen molar-refractivity contribution in [2.75, 3.05) is 0 Å². The van der Waals surface area contributed by atoms with Crippen LogP contribution in [-0.2, 0) is 0 Å². The third-order valence-electron chi connectivity index (χ3n) is 2.03. The molecule has 2 aromatic rings. The minimum atomic E-state index is -2.90. The van der Waals surface area contributed by atoms with Gasteiger partial charge in [-0.3, -0.25) is 4.98 Å².